The summed E-state index contributed by atoms with van der Waals surface area (Å²) in [6.07, 6.45) is 0.940. The zero-order valence-corrected chi connectivity index (χ0v) is 16.9. The molecule has 0 saturated carbocycles. The first-order valence-corrected chi connectivity index (χ1v) is 7.51. The van der Waals surface area contributed by atoms with E-state index in [4.69, 9.17) is 0 Å². The van der Waals surface area contributed by atoms with Crippen LogP contribution in [0.2, 0.25) is 0 Å². The van der Waals surface area contributed by atoms with E-state index in [1.807, 2.05) is 18.5 Å². The molecule has 1 heterocycles. The van der Waals surface area contributed by atoms with Crippen molar-refractivity contribution in [1.82, 2.24) is 20.4 Å². The van der Waals surface area contributed by atoms with Crippen LogP contribution in [-0.2, 0) is 16.1 Å². The summed E-state index contributed by atoms with van der Waals surface area (Å²) in [5, 5.41) is 10.8. The van der Waals surface area contributed by atoms with Crippen molar-refractivity contribution in [3.63, 3.8) is 0 Å². The van der Waals surface area contributed by atoms with E-state index >= 15 is 0 Å². The second-order valence-corrected chi connectivity index (χ2v) is 5.31. The molecule has 1 unspecified atom stereocenters. The largest absolute Gasteiger partial charge is 0.469 e. The topological polar surface area (TPSA) is 80.5 Å². The number of aromatic nitrogens is 2. The number of nitrogens with zero attached hydrogens (tertiary/aromatic N) is 3. The number of hydrogen-bond donors (Lipinski definition) is 2. The molecule has 1 rings (SSSR count). The van der Waals surface area contributed by atoms with Gasteiger partial charge in [-0.25, -0.2) is 0 Å². The number of methoxy groups -OCH3 is 1. The van der Waals surface area contributed by atoms with E-state index < -0.39 is 0 Å². The van der Waals surface area contributed by atoms with Crippen LogP contribution in [0.4, 0.5) is 0 Å². The smallest absolute Gasteiger partial charge is 0.310 e. The SMILES string of the molecule is CN=C(NCCCn1nc(C)cc1C)NCC(C)C(=O)OC.I. The van der Waals surface area contributed by atoms with Gasteiger partial charge in [0.15, 0.2) is 5.96 Å². The third-order valence-corrected chi connectivity index (χ3v) is 3.35. The summed E-state index contributed by atoms with van der Waals surface area (Å²) in [5.41, 5.74) is 2.21. The molecule has 2 N–H and O–H groups in total. The molecule has 1 aromatic rings. The Morgan fingerprint density at radius 2 is 2.13 bits per heavy atom. The molecule has 0 saturated heterocycles. The summed E-state index contributed by atoms with van der Waals surface area (Å²) >= 11 is 0. The fraction of sp³-hybridized carbons (Fsp3) is 0.667. The van der Waals surface area contributed by atoms with E-state index in [2.05, 4.69) is 38.5 Å². The maximum absolute atomic E-state index is 11.3. The number of carbonyl (C=O) groups is 1. The Labute approximate surface area is 155 Å². The Bertz CT molecular complexity index is 516. The lowest BCUT2D eigenvalue weighted by Crippen LogP contribution is -2.41. The summed E-state index contributed by atoms with van der Waals surface area (Å²) in [6.45, 7) is 8.00. The van der Waals surface area contributed by atoms with Crippen LogP contribution in [0, 0.1) is 19.8 Å². The van der Waals surface area contributed by atoms with E-state index in [-0.39, 0.29) is 35.9 Å². The highest BCUT2D eigenvalue weighted by Crippen LogP contribution is 2.02. The maximum atomic E-state index is 11.3. The number of halogens is 1. The quantitative estimate of drug-likeness (QED) is 0.222. The molecule has 0 aliphatic carbocycles. The van der Waals surface area contributed by atoms with Crippen LogP contribution >= 0.6 is 24.0 Å². The molecule has 0 aliphatic rings. The van der Waals surface area contributed by atoms with Gasteiger partial charge in [0.05, 0.1) is 18.7 Å². The fourth-order valence-electron chi connectivity index (χ4n) is 2.09. The number of esters is 1. The monoisotopic (exact) mass is 437 g/mol. The molecule has 0 aliphatic heterocycles. The first kappa shape index (κ1) is 21.7. The molecule has 132 valence electrons. The van der Waals surface area contributed by atoms with Crippen molar-refractivity contribution in [3.8, 4) is 0 Å². The summed E-state index contributed by atoms with van der Waals surface area (Å²) < 4.78 is 6.70. The first-order valence-electron chi connectivity index (χ1n) is 7.51. The minimum absolute atomic E-state index is 0. The Morgan fingerprint density at radius 1 is 1.43 bits per heavy atom. The molecule has 1 atom stereocenters. The molecule has 0 spiro atoms. The predicted molar refractivity (Wildman–Crippen MR) is 102 cm³/mol. The third-order valence-electron chi connectivity index (χ3n) is 3.35. The predicted octanol–water partition coefficient (Wildman–Crippen LogP) is 1.48. The van der Waals surface area contributed by atoms with E-state index in [9.17, 15) is 4.79 Å². The maximum Gasteiger partial charge on any atom is 0.310 e. The summed E-state index contributed by atoms with van der Waals surface area (Å²) in [5.74, 6) is 0.245. The lowest BCUT2D eigenvalue weighted by atomic mass is 10.2. The molecular weight excluding hydrogens is 409 g/mol. The number of guanidine groups is 1. The van der Waals surface area contributed by atoms with Crippen LogP contribution in [0.3, 0.4) is 0 Å². The third kappa shape index (κ3) is 7.67. The van der Waals surface area contributed by atoms with Crippen molar-refractivity contribution >= 4 is 35.9 Å². The van der Waals surface area contributed by atoms with Gasteiger partial charge in [-0.05, 0) is 26.3 Å². The molecule has 0 amide bonds. The molecule has 0 radical (unpaired) electrons. The highest BCUT2D eigenvalue weighted by molar-refractivity contribution is 14.0. The van der Waals surface area contributed by atoms with E-state index in [1.165, 1.54) is 12.8 Å². The number of aliphatic imine (C=N–C) groups is 1. The van der Waals surface area contributed by atoms with Crippen LogP contribution in [0.1, 0.15) is 24.7 Å². The number of carbonyl (C=O) groups excluding carboxylic acids is 1. The van der Waals surface area contributed by atoms with Gasteiger partial charge in [0.2, 0.25) is 0 Å². The van der Waals surface area contributed by atoms with Gasteiger partial charge in [-0.2, -0.15) is 5.10 Å². The zero-order chi connectivity index (χ0) is 16.5. The Balaban J connectivity index is 0.00000484. The van der Waals surface area contributed by atoms with Gasteiger partial charge in [-0.1, -0.05) is 6.92 Å². The van der Waals surface area contributed by atoms with E-state index in [1.54, 1.807) is 7.05 Å². The molecule has 8 heteroatoms. The van der Waals surface area contributed by atoms with Crippen molar-refractivity contribution in [1.29, 1.82) is 0 Å². The van der Waals surface area contributed by atoms with E-state index in [0.29, 0.717) is 12.5 Å². The van der Waals surface area contributed by atoms with Crippen LogP contribution in [0.5, 0.6) is 0 Å². The highest BCUT2D eigenvalue weighted by Gasteiger charge is 2.13. The first-order chi connectivity index (χ1) is 10.5. The minimum atomic E-state index is -0.229. The second kappa shape index (κ2) is 11.3. The molecular formula is C15H28IN5O2. The molecule has 0 fully saturated rings. The van der Waals surface area contributed by atoms with Gasteiger partial charge in [0, 0.05) is 32.4 Å². The number of ether oxygens (including phenoxy) is 1. The van der Waals surface area contributed by atoms with Crippen molar-refractivity contribution in [2.24, 2.45) is 10.9 Å². The van der Waals surface area contributed by atoms with Crippen molar-refractivity contribution in [3.05, 3.63) is 17.5 Å². The Morgan fingerprint density at radius 3 is 2.65 bits per heavy atom. The summed E-state index contributed by atoms with van der Waals surface area (Å²) in [7, 11) is 3.10. The summed E-state index contributed by atoms with van der Waals surface area (Å²) in [6, 6.07) is 2.07. The van der Waals surface area contributed by atoms with Crippen LogP contribution in [0.25, 0.3) is 0 Å². The number of nitrogens with one attached hydrogen (secondary N) is 2. The van der Waals surface area contributed by atoms with Gasteiger partial charge in [-0.15, -0.1) is 24.0 Å². The number of aryl methyl sites for hydroxylation is 3. The van der Waals surface area contributed by atoms with Crippen LogP contribution in [0.15, 0.2) is 11.1 Å². The Kier molecular flexibility index (Phi) is 10.6. The molecule has 0 bridgehead atoms. The van der Waals surface area contributed by atoms with Crippen molar-refractivity contribution in [2.75, 3.05) is 27.2 Å². The van der Waals surface area contributed by atoms with Crippen molar-refractivity contribution in [2.45, 2.75) is 33.7 Å². The molecule has 7 nitrogen and oxygen atoms in total. The average Bonchev–Trinajstić information content (AvgIpc) is 2.83. The van der Waals surface area contributed by atoms with Crippen LogP contribution < -0.4 is 10.6 Å². The summed E-state index contributed by atoms with van der Waals surface area (Å²) in [4.78, 5) is 15.5. The highest BCUT2D eigenvalue weighted by atomic mass is 127. The normalized spacial score (nSPS) is 12.3. The zero-order valence-electron chi connectivity index (χ0n) is 14.5. The number of rotatable bonds is 7. The van der Waals surface area contributed by atoms with Gasteiger partial charge >= 0.3 is 5.97 Å². The molecule has 1 aromatic heterocycles. The van der Waals surface area contributed by atoms with Gasteiger partial charge < -0.3 is 15.4 Å². The van der Waals surface area contributed by atoms with Crippen molar-refractivity contribution < 1.29 is 9.53 Å². The van der Waals surface area contributed by atoms with Gasteiger partial charge in [0.1, 0.15) is 0 Å². The fourth-order valence-corrected chi connectivity index (χ4v) is 2.09. The van der Waals surface area contributed by atoms with E-state index in [0.717, 1.165) is 25.2 Å². The van der Waals surface area contributed by atoms with Gasteiger partial charge in [0.25, 0.3) is 0 Å². The molecule has 0 aromatic carbocycles. The second-order valence-electron chi connectivity index (χ2n) is 5.31. The minimum Gasteiger partial charge on any atom is -0.469 e. The number of hydrogen-bond acceptors (Lipinski definition) is 4. The lowest BCUT2D eigenvalue weighted by molar-refractivity contribution is -0.144. The van der Waals surface area contributed by atoms with Gasteiger partial charge in [-0.3, -0.25) is 14.5 Å². The van der Waals surface area contributed by atoms with Crippen LogP contribution in [-0.4, -0.2) is 49.0 Å². The lowest BCUT2D eigenvalue weighted by Gasteiger charge is -2.14. The Hall–Kier alpha value is -1.32. The molecule has 23 heavy (non-hydrogen) atoms. The average molecular weight is 437 g/mol. The standard InChI is InChI=1S/C15H27N5O2.HI/c1-11(14(21)22-5)10-18-15(16-4)17-7-6-8-20-13(3)9-12(2)19-20;/h9,11H,6-8,10H2,1-5H3,(H2,16,17,18);1H.